The Morgan fingerprint density at radius 3 is 2.56 bits per heavy atom. The predicted octanol–water partition coefficient (Wildman–Crippen LogP) is 3.98. The van der Waals surface area contributed by atoms with Gasteiger partial charge in [0.2, 0.25) is 5.91 Å². The Hall–Kier alpha value is -3.74. The van der Waals surface area contributed by atoms with Crippen LogP contribution in [0.5, 0.6) is 5.75 Å². The summed E-state index contributed by atoms with van der Waals surface area (Å²) in [5, 5.41) is 9.88. The summed E-state index contributed by atoms with van der Waals surface area (Å²) < 4.78 is 28.1. The molecule has 1 heterocycles. The first kappa shape index (κ1) is 16.7. The molecule has 0 aliphatic carbocycles. The smallest absolute Gasteiger partial charge is 0.248 e. The van der Waals surface area contributed by atoms with Gasteiger partial charge in [0.15, 0.2) is 0 Å². The highest BCUT2D eigenvalue weighted by Crippen LogP contribution is 2.33. The number of halogens is 2. The Morgan fingerprint density at radius 2 is 1.81 bits per heavy atom. The number of aromatic nitrogens is 2. The Kier molecular flexibility index (Phi) is 3.84. The van der Waals surface area contributed by atoms with E-state index in [-0.39, 0.29) is 16.9 Å². The van der Waals surface area contributed by atoms with Crippen LogP contribution in [0.2, 0.25) is 0 Å². The van der Waals surface area contributed by atoms with E-state index in [1.807, 2.05) is 0 Å². The highest BCUT2D eigenvalue weighted by molar-refractivity contribution is 5.96. The van der Waals surface area contributed by atoms with Crippen LogP contribution in [0.3, 0.4) is 0 Å². The summed E-state index contributed by atoms with van der Waals surface area (Å²) in [4.78, 5) is 18.7. The topological polar surface area (TPSA) is 92.0 Å². The van der Waals surface area contributed by atoms with Crippen LogP contribution in [-0.4, -0.2) is 21.0 Å². The van der Waals surface area contributed by atoms with Crippen LogP contribution in [0.4, 0.5) is 8.78 Å². The first-order chi connectivity index (χ1) is 12.9. The fraction of sp³-hybridized carbons (Fsp3) is 0. The van der Waals surface area contributed by atoms with E-state index in [2.05, 4.69) is 9.97 Å². The summed E-state index contributed by atoms with van der Waals surface area (Å²) >= 11 is 0. The van der Waals surface area contributed by atoms with E-state index in [0.717, 1.165) is 12.1 Å². The number of nitrogens with two attached hydrogens (primary N) is 1. The SMILES string of the molecule is NC(=O)c1ccc2nc(-c3ccc(-c4cc(F)ccc4O)c(F)c3)[nH]c2c1. The molecular formula is C20H13F2N3O2. The molecule has 0 spiro atoms. The van der Waals surface area contributed by atoms with E-state index < -0.39 is 17.5 Å². The lowest BCUT2D eigenvalue weighted by Gasteiger charge is -2.07. The largest absolute Gasteiger partial charge is 0.507 e. The van der Waals surface area contributed by atoms with Gasteiger partial charge in [-0.15, -0.1) is 0 Å². The minimum atomic E-state index is -0.633. The Morgan fingerprint density at radius 1 is 1.00 bits per heavy atom. The van der Waals surface area contributed by atoms with Crippen molar-refractivity contribution in [1.29, 1.82) is 0 Å². The summed E-state index contributed by atoms with van der Waals surface area (Å²) in [5.41, 5.74) is 7.39. The lowest BCUT2D eigenvalue weighted by atomic mass is 10.0. The number of nitrogens with zero attached hydrogens (tertiary/aromatic N) is 1. The van der Waals surface area contributed by atoms with Crippen LogP contribution in [0.1, 0.15) is 10.4 Å². The molecule has 1 amide bonds. The third-order valence-corrected chi connectivity index (χ3v) is 4.26. The number of phenols is 1. The number of carbonyl (C=O) groups is 1. The number of phenolic OH excluding ortho intramolecular Hbond substituents is 1. The zero-order valence-corrected chi connectivity index (χ0v) is 13.8. The van der Waals surface area contributed by atoms with E-state index in [9.17, 15) is 18.7 Å². The van der Waals surface area contributed by atoms with Crippen molar-refractivity contribution >= 4 is 16.9 Å². The molecule has 0 fully saturated rings. The molecule has 5 nitrogen and oxygen atoms in total. The van der Waals surface area contributed by atoms with Crippen molar-refractivity contribution in [2.45, 2.75) is 0 Å². The van der Waals surface area contributed by atoms with Gasteiger partial charge in [-0.1, -0.05) is 12.1 Å². The van der Waals surface area contributed by atoms with E-state index in [0.29, 0.717) is 28.0 Å². The number of benzene rings is 3. The summed E-state index contributed by atoms with van der Waals surface area (Å²) in [5.74, 6) is -1.58. The third-order valence-electron chi connectivity index (χ3n) is 4.26. The number of carbonyl (C=O) groups excluding carboxylic acids is 1. The van der Waals surface area contributed by atoms with Crippen molar-refractivity contribution in [3.05, 3.63) is 71.8 Å². The van der Waals surface area contributed by atoms with Gasteiger partial charge in [-0.25, -0.2) is 13.8 Å². The van der Waals surface area contributed by atoms with Gasteiger partial charge in [0.25, 0.3) is 0 Å². The van der Waals surface area contributed by atoms with E-state index in [4.69, 9.17) is 5.73 Å². The summed E-state index contributed by atoms with van der Waals surface area (Å²) in [6, 6.07) is 12.4. The highest BCUT2D eigenvalue weighted by atomic mass is 19.1. The highest BCUT2D eigenvalue weighted by Gasteiger charge is 2.14. The normalized spacial score (nSPS) is 11.0. The van der Waals surface area contributed by atoms with Gasteiger partial charge >= 0.3 is 0 Å². The lowest BCUT2D eigenvalue weighted by Crippen LogP contribution is -2.10. The molecule has 0 radical (unpaired) electrons. The van der Waals surface area contributed by atoms with Crippen molar-refractivity contribution in [2.24, 2.45) is 5.73 Å². The van der Waals surface area contributed by atoms with E-state index in [1.54, 1.807) is 24.3 Å². The van der Waals surface area contributed by atoms with Gasteiger partial charge in [-0.3, -0.25) is 4.79 Å². The Balaban J connectivity index is 1.77. The van der Waals surface area contributed by atoms with Crippen LogP contribution in [0.15, 0.2) is 54.6 Å². The fourth-order valence-corrected chi connectivity index (χ4v) is 2.90. The molecule has 1 aromatic heterocycles. The second kappa shape index (κ2) is 6.21. The van der Waals surface area contributed by atoms with E-state index >= 15 is 0 Å². The molecule has 0 bridgehead atoms. The molecule has 27 heavy (non-hydrogen) atoms. The molecule has 0 saturated carbocycles. The molecule has 134 valence electrons. The van der Waals surface area contributed by atoms with Gasteiger partial charge in [0.05, 0.1) is 11.0 Å². The number of hydrogen-bond donors (Lipinski definition) is 3. The van der Waals surface area contributed by atoms with Gasteiger partial charge in [-0.05, 0) is 42.5 Å². The van der Waals surface area contributed by atoms with Crippen LogP contribution >= 0.6 is 0 Å². The summed E-state index contributed by atoms with van der Waals surface area (Å²) in [7, 11) is 0. The first-order valence-corrected chi connectivity index (χ1v) is 8.01. The minimum absolute atomic E-state index is 0.0646. The van der Waals surface area contributed by atoms with Crippen molar-refractivity contribution in [2.75, 3.05) is 0 Å². The van der Waals surface area contributed by atoms with Gasteiger partial charge in [0.1, 0.15) is 23.2 Å². The average molecular weight is 365 g/mol. The maximum Gasteiger partial charge on any atom is 0.248 e. The number of amides is 1. The minimum Gasteiger partial charge on any atom is -0.507 e. The molecule has 4 rings (SSSR count). The van der Waals surface area contributed by atoms with Crippen molar-refractivity contribution in [3.63, 3.8) is 0 Å². The van der Waals surface area contributed by atoms with Gasteiger partial charge in [0, 0.05) is 22.3 Å². The standard InChI is InChI=1S/C20H13F2N3O2/c21-12-3-6-18(26)14(9-12)13-4-1-11(7-15(13)22)20-24-16-5-2-10(19(23)27)8-17(16)25-20/h1-9,26H,(H2,23,27)(H,24,25). The number of fused-ring (bicyclic) bond motifs is 1. The maximum absolute atomic E-state index is 14.6. The second-order valence-electron chi connectivity index (χ2n) is 6.04. The molecule has 4 N–H and O–H groups in total. The number of aromatic hydroxyl groups is 1. The molecule has 3 aromatic carbocycles. The van der Waals surface area contributed by atoms with Crippen molar-refractivity contribution in [1.82, 2.24) is 9.97 Å². The van der Waals surface area contributed by atoms with E-state index in [1.165, 1.54) is 18.2 Å². The summed E-state index contributed by atoms with van der Waals surface area (Å²) in [6.45, 7) is 0. The quantitative estimate of drug-likeness (QED) is 0.513. The zero-order chi connectivity index (χ0) is 19.1. The number of aromatic amines is 1. The van der Waals surface area contributed by atoms with Crippen molar-refractivity contribution < 1.29 is 18.7 Å². The fourth-order valence-electron chi connectivity index (χ4n) is 2.90. The summed E-state index contributed by atoms with van der Waals surface area (Å²) in [6.07, 6.45) is 0. The van der Waals surface area contributed by atoms with Gasteiger partial charge in [-0.2, -0.15) is 0 Å². The lowest BCUT2D eigenvalue weighted by molar-refractivity contribution is 0.100. The molecule has 7 heteroatoms. The average Bonchev–Trinajstić information content (AvgIpc) is 3.07. The molecule has 0 atom stereocenters. The molecule has 0 saturated heterocycles. The number of rotatable bonds is 3. The van der Waals surface area contributed by atoms with Crippen LogP contribution in [0.25, 0.3) is 33.5 Å². The molecule has 0 unspecified atom stereocenters. The number of nitrogens with one attached hydrogen (secondary N) is 1. The second-order valence-corrected chi connectivity index (χ2v) is 6.04. The number of primary amides is 1. The van der Waals surface area contributed by atoms with Crippen LogP contribution in [0, 0.1) is 11.6 Å². The van der Waals surface area contributed by atoms with Crippen LogP contribution < -0.4 is 5.73 Å². The monoisotopic (exact) mass is 365 g/mol. The van der Waals surface area contributed by atoms with Gasteiger partial charge < -0.3 is 15.8 Å². The van der Waals surface area contributed by atoms with Crippen LogP contribution in [-0.2, 0) is 0 Å². The van der Waals surface area contributed by atoms with Crippen molar-refractivity contribution in [3.8, 4) is 28.3 Å². The Labute approximate surface area is 152 Å². The molecule has 0 aliphatic rings. The zero-order valence-electron chi connectivity index (χ0n) is 13.8. The third kappa shape index (κ3) is 2.99. The molecule has 0 aliphatic heterocycles. The predicted molar refractivity (Wildman–Crippen MR) is 97.1 cm³/mol. The number of imidazole rings is 1. The Bertz CT molecular complexity index is 1200. The number of H-pyrrole nitrogens is 1. The maximum atomic E-state index is 14.6. The number of hydrogen-bond acceptors (Lipinski definition) is 3. The molecular weight excluding hydrogens is 352 g/mol. The molecule has 4 aromatic rings. The first-order valence-electron chi connectivity index (χ1n) is 8.01.